The Hall–Kier alpha value is -1.10. The number of rotatable bonds is 5. The van der Waals surface area contributed by atoms with Crippen molar-refractivity contribution in [3.05, 3.63) is 35.4 Å². The van der Waals surface area contributed by atoms with E-state index in [0.29, 0.717) is 19.4 Å². The van der Waals surface area contributed by atoms with Crippen LogP contribution in [0.1, 0.15) is 37.8 Å². The highest BCUT2D eigenvalue weighted by atomic mass is 16.8. The summed E-state index contributed by atoms with van der Waals surface area (Å²) in [5.41, 5.74) is 2.29. The molecule has 0 aromatic heterocycles. The molecule has 2 aliphatic heterocycles. The predicted molar refractivity (Wildman–Crippen MR) is 114 cm³/mol. The van der Waals surface area contributed by atoms with Gasteiger partial charge in [0.25, 0.3) is 0 Å². The van der Waals surface area contributed by atoms with Crippen molar-refractivity contribution >= 4 is 0 Å². The lowest BCUT2D eigenvalue weighted by Crippen LogP contribution is -2.77. The zero-order chi connectivity index (χ0) is 22.3. The van der Waals surface area contributed by atoms with Crippen molar-refractivity contribution in [1.29, 1.82) is 0 Å². The van der Waals surface area contributed by atoms with E-state index in [0.717, 1.165) is 5.56 Å². The summed E-state index contributed by atoms with van der Waals surface area (Å²) >= 11 is 0. The van der Waals surface area contributed by atoms with E-state index in [1.165, 1.54) is 5.56 Å². The van der Waals surface area contributed by atoms with E-state index < -0.39 is 48.6 Å². The van der Waals surface area contributed by atoms with Gasteiger partial charge in [0.15, 0.2) is 0 Å². The normalized spacial score (nSPS) is 45.1. The molecule has 5 N–H and O–H groups in total. The van der Waals surface area contributed by atoms with Crippen molar-refractivity contribution in [3.8, 4) is 0 Å². The van der Waals surface area contributed by atoms with Gasteiger partial charge in [-0.3, -0.25) is 0 Å². The fourth-order valence-corrected chi connectivity index (χ4v) is 5.25. The zero-order valence-electron chi connectivity index (χ0n) is 18.7. The zero-order valence-corrected chi connectivity index (χ0v) is 18.7. The number of fused-ring (bicyclic) bond motifs is 2. The molecule has 0 bridgehead atoms. The van der Waals surface area contributed by atoms with E-state index in [9.17, 15) is 15.3 Å². The molecule has 1 aromatic rings. The first-order valence-corrected chi connectivity index (χ1v) is 11.3. The monoisotopic (exact) mass is 436 g/mol. The van der Waals surface area contributed by atoms with Crippen molar-refractivity contribution in [2.24, 2.45) is 5.92 Å². The van der Waals surface area contributed by atoms with Gasteiger partial charge in [-0.25, -0.2) is 0 Å². The van der Waals surface area contributed by atoms with Gasteiger partial charge in [-0.05, 0) is 39.3 Å². The molecule has 3 aliphatic rings. The highest BCUT2D eigenvalue weighted by Crippen LogP contribution is 2.43. The Morgan fingerprint density at radius 2 is 1.81 bits per heavy atom. The van der Waals surface area contributed by atoms with Crippen LogP contribution in [0.4, 0.5) is 0 Å². The average Bonchev–Trinajstić information content (AvgIpc) is 2.73. The van der Waals surface area contributed by atoms with Crippen LogP contribution in [0.3, 0.4) is 0 Å². The number of nitrogens with one attached hydrogen (secondary N) is 2. The molecule has 0 radical (unpaired) electrons. The van der Waals surface area contributed by atoms with Crippen molar-refractivity contribution < 1.29 is 29.5 Å². The number of hydrogen-bond donors (Lipinski definition) is 5. The lowest BCUT2D eigenvalue weighted by Gasteiger charge is -2.58. The Labute approximate surface area is 183 Å². The van der Waals surface area contributed by atoms with Crippen LogP contribution in [0.5, 0.6) is 0 Å². The van der Waals surface area contributed by atoms with Gasteiger partial charge in [-0.1, -0.05) is 36.8 Å². The maximum absolute atomic E-state index is 11.6. The van der Waals surface area contributed by atoms with Gasteiger partial charge in [-0.2, -0.15) is 0 Å². The summed E-state index contributed by atoms with van der Waals surface area (Å²) < 4.78 is 18.3. The molecule has 2 saturated heterocycles. The quantitative estimate of drug-likeness (QED) is 0.451. The number of aliphatic hydroxyl groups excluding tert-OH is 2. The van der Waals surface area contributed by atoms with Crippen LogP contribution in [0.2, 0.25) is 0 Å². The Morgan fingerprint density at radius 3 is 2.45 bits per heavy atom. The smallest absolute Gasteiger partial charge is 0.234 e. The molecular weight excluding hydrogens is 400 g/mol. The van der Waals surface area contributed by atoms with Crippen molar-refractivity contribution in [2.75, 3.05) is 7.05 Å². The lowest BCUT2D eigenvalue weighted by atomic mass is 9.74. The molecule has 4 rings (SSSR count). The Balaban J connectivity index is 1.56. The summed E-state index contributed by atoms with van der Waals surface area (Å²) in [7, 11) is 1.74. The first kappa shape index (κ1) is 23.1. The van der Waals surface area contributed by atoms with E-state index in [2.05, 4.69) is 34.9 Å². The largest absolute Gasteiger partial charge is 0.391 e. The third-order valence-corrected chi connectivity index (χ3v) is 7.10. The summed E-state index contributed by atoms with van der Waals surface area (Å²) in [6, 6.07) is 7.28. The first-order chi connectivity index (χ1) is 14.8. The average molecular weight is 437 g/mol. The minimum atomic E-state index is -1.74. The van der Waals surface area contributed by atoms with Gasteiger partial charge in [0.05, 0.1) is 30.4 Å². The molecule has 3 unspecified atom stereocenters. The molecule has 8 heteroatoms. The first-order valence-electron chi connectivity index (χ1n) is 11.3. The third kappa shape index (κ3) is 4.16. The van der Waals surface area contributed by atoms with Crippen LogP contribution in [-0.2, 0) is 20.8 Å². The Kier molecular flexibility index (Phi) is 6.72. The molecule has 0 spiro atoms. The molecule has 31 heavy (non-hydrogen) atoms. The van der Waals surface area contributed by atoms with Gasteiger partial charge < -0.3 is 40.2 Å². The van der Waals surface area contributed by atoms with Crippen LogP contribution in [0.25, 0.3) is 0 Å². The number of aliphatic hydroxyl groups is 3. The summed E-state index contributed by atoms with van der Waals surface area (Å²) in [4.78, 5) is 0. The fourth-order valence-electron chi connectivity index (χ4n) is 5.25. The standard InChI is InChI=1S/C23H36N2O6/c1-5-15-18(26)17(24-4)20-21(19(15)27)30-22-23(28,31-20)16(10-13(3)29-22)25-11-14-8-6-12(2)7-9-14/h6-9,13,15-22,24-28H,5,10-11H2,1-4H3/t13-,15-,16-,17+,18+,19+,20?,21?,22?,23+/m1/s1. The maximum atomic E-state index is 11.6. The van der Waals surface area contributed by atoms with Crippen molar-refractivity contribution in [1.82, 2.24) is 10.6 Å². The van der Waals surface area contributed by atoms with Gasteiger partial charge >= 0.3 is 0 Å². The number of likely N-dealkylation sites (N-methyl/N-ethyl adjacent to an activating group) is 1. The predicted octanol–water partition coefficient (Wildman–Crippen LogP) is 0.410. The lowest BCUT2D eigenvalue weighted by molar-refractivity contribution is -0.451. The second kappa shape index (κ2) is 9.03. The van der Waals surface area contributed by atoms with E-state index in [-0.39, 0.29) is 12.0 Å². The second-order valence-electron chi connectivity index (χ2n) is 9.24. The molecule has 10 atom stereocenters. The molecule has 174 valence electrons. The topological polar surface area (TPSA) is 112 Å². The van der Waals surface area contributed by atoms with E-state index in [1.54, 1.807) is 7.05 Å². The van der Waals surface area contributed by atoms with Crippen LogP contribution in [0, 0.1) is 12.8 Å². The van der Waals surface area contributed by atoms with Crippen LogP contribution in [-0.4, -0.2) is 77.0 Å². The number of ether oxygens (including phenoxy) is 3. The molecule has 2 heterocycles. The molecule has 1 aromatic carbocycles. The summed E-state index contributed by atoms with van der Waals surface area (Å²) in [6.45, 7) is 6.46. The molecular formula is C23H36N2O6. The second-order valence-corrected chi connectivity index (χ2v) is 9.24. The third-order valence-electron chi connectivity index (χ3n) is 7.10. The van der Waals surface area contributed by atoms with Crippen LogP contribution >= 0.6 is 0 Å². The fraction of sp³-hybridized carbons (Fsp3) is 0.739. The minimum absolute atomic E-state index is 0.158. The van der Waals surface area contributed by atoms with Crippen LogP contribution in [0.15, 0.2) is 24.3 Å². The van der Waals surface area contributed by atoms with E-state index in [4.69, 9.17) is 14.2 Å². The number of hydrogen-bond acceptors (Lipinski definition) is 8. The number of aryl methyl sites for hydroxylation is 1. The van der Waals surface area contributed by atoms with Crippen molar-refractivity contribution in [2.45, 2.75) is 94.8 Å². The van der Waals surface area contributed by atoms with Crippen molar-refractivity contribution in [3.63, 3.8) is 0 Å². The Morgan fingerprint density at radius 1 is 1.10 bits per heavy atom. The van der Waals surface area contributed by atoms with E-state index >= 15 is 0 Å². The van der Waals surface area contributed by atoms with Gasteiger partial charge in [-0.15, -0.1) is 0 Å². The molecule has 1 aliphatic carbocycles. The molecule has 0 amide bonds. The van der Waals surface area contributed by atoms with Gasteiger partial charge in [0.2, 0.25) is 12.1 Å². The molecule has 3 fully saturated rings. The molecule has 1 saturated carbocycles. The van der Waals surface area contributed by atoms with Gasteiger partial charge in [0.1, 0.15) is 12.2 Å². The van der Waals surface area contributed by atoms with Crippen LogP contribution < -0.4 is 10.6 Å². The molecule has 8 nitrogen and oxygen atoms in total. The maximum Gasteiger partial charge on any atom is 0.234 e. The van der Waals surface area contributed by atoms with Gasteiger partial charge in [0, 0.05) is 12.5 Å². The minimum Gasteiger partial charge on any atom is -0.391 e. The highest BCUT2D eigenvalue weighted by Gasteiger charge is 2.63. The summed E-state index contributed by atoms with van der Waals surface area (Å²) in [5, 5.41) is 39.8. The number of benzene rings is 1. The summed E-state index contributed by atoms with van der Waals surface area (Å²) in [5.74, 6) is -2.10. The Bertz CT molecular complexity index is 748. The SMILES string of the molecule is CC[C@@H]1[C@H](O)[C@H](NC)C2O[C@]3(O)C(OC2[C@H]1O)O[C@H](C)C[C@H]3NCc1ccc(C)cc1. The summed E-state index contributed by atoms with van der Waals surface area (Å²) in [6.07, 6.45) is -3.23. The highest BCUT2D eigenvalue weighted by molar-refractivity contribution is 5.21. The van der Waals surface area contributed by atoms with E-state index in [1.807, 2.05) is 20.8 Å².